The zero-order valence-electron chi connectivity index (χ0n) is 19.2. The van der Waals surface area contributed by atoms with Crippen LogP contribution < -0.4 is 4.90 Å². The van der Waals surface area contributed by atoms with Crippen LogP contribution in [0.5, 0.6) is 0 Å². The normalized spacial score (nSPS) is 18.3. The van der Waals surface area contributed by atoms with Crippen molar-refractivity contribution in [3.63, 3.8) is 0 Å². The van der Waals surface area contributed by atoms with Crippen LogP contribution in [-0.2, 0) is 4.74 Å². The Morgan fingerprint density at radius 2 is 1.94 bits per heavy atom. The number of ether oxygens (including phenoxy) is 1. The van der Waals surface area contributed by atoms with Crippen molar-refractivity contribution in [3.05, 3.63) is 71.1 Å². The van der Waals surface area contributed by atoms with Crippen LogP contribution in [0.2, 0.25) is 0 Å². The number of carbonyl (C=O) groups is 1. The molecule has 1 atom stereocenters. The lowest BCUT2D eigenvalue weighted by atomic mass is 10.0. The number of hydrogen-bond acceptors (Lipinski definition) is 5. The van der Waals surface area contributed by atoms with Gasteiger partial charge in [0.15, 0.2) is 0 Å². The van der Waals surface area contributed by atoms with Gasteiger partial charge in [0.25, 0.3) is 5.91 Å². The molecule has 3 aromatic rings. The molecular formula is C26H26F2N4O2. The molecule has 2 aliphatic rings. The van der Waals surface area contributed by atoms with Gasteiger partial charge in [0.1, 0.15) is 17.2 Å². The molecule has 8 heteroatoms. The Balaban J connectivity index is 1.67. The van der Waals surface area contributed by atoms with E-state index in [2.05, 4.69) is 9.88 Å². The number of carbonyl (C=O) groups excluding carboxylic acids is 1. The van der Waals surface area contributed by atoms with Gasteiger partial charge in [0.05, 0.1) is 42.4 Å². The minimum Gasteiger partial charge on any atom is -0.377 e. The predicted octanol–water partition coefficient (Wildman–Crippen LogP) is 4.76. The number of halogens is 2. The van der Waals surface area contributed by atoms with E-state index in [-0.39, 0.29) is 11.9 Å². The van der Waals surface area contributed by atoms with Gasteiger partial charge in [-0.15, -0.1) is 0 Å². The molecule has 34 heavy (non-hydrogen) atoms. The molecule has 1 fully saturated rings. The Bertz CT molecular complexity index is 1270. The molecule has 6 nitrogen and oxygen atoms in total. The van der Waals surface area contributed by atoms with Crippen molar-refractivity contribution in [2.75, 3.05) is 38.8 Å². The van der Waals surface area contributed by atoms with Gasteiger partial charge < -0.3 is 14.5 Å². The maximum absolute atomic E-state index is 14.0. The maximum atomic E-state index is 14.0. The molecule has 0 aliphatic carbocycles. The van der Waals surface area contributed by atoms with Crippen LogP contribution in [0.1, 0.15) is 46.9 Å². The van der Waals surface area contributed by atoms with E-state index < -0.39 is 11.6 Å². The molecule has 1 amide bonds. The molecule has 0 bridgehead atoms. The van der Waals surface area contributed by atoms with E-state index in [0.717, 1.165) is 42.3 Å². The van der Waals surface area contributed by atoms with E-state index in [1.807, 2.05) is 12.1 Å². The highest BCUT2D eigenvalue weighted by atomic mass is 19.1. The van der Waals surface area contributed by atoms with Gasteiger partial charge in [-0.25, -0.2) is 13.8 Å². The first kappa shape index (κ1) is 22.4. The second-order valence-electron chi connectivity index (χ2n) is 8.93. The number of rotatable bonds is 4. The number of aromatic nitrogens is 2. The summed E-state index contributed by atoms with van der Waals surface area (Å²) in [5, 5.41) is 0. The quantitative estimate of drug-likeness (QED) is 0.558. The maximum Gasteiger partial charge on any atom is 0.253 e. The largest absolute Gasteiger partial charge is 0.377 e. The molecule has 1 unspecified atom stereocenters. The molecule has 5 rings (SSSR count). The lowest BCUT2D eigenvalue weighted by Crippen LogP contribution is -2.25. The standard InChI is InChI=1S/C26H26F2N4O2/c1-31(2)26(33)18-12-21-25(30-22(15-29-21)16-5-8-34-9-6-16)24(13-18)32-7-3-4-23(32)17-10-19(27)14-20(28)11-17/h5,10-15,23H,3-4,6-9H2,1-2H3. The summed E-state index contributed by atoms with van der Waals surface area (Å²) in [5.74, 6) is -1.35. The average Bonchev–Trinajstić information content (AvgIpc) is 3.32. The van der Waals surface area contributed by atoms with Gasteiger partial charge in [-0.05, 0) is 54.7 Å². The third kappa shape index (κ3) is 4.25. The second-order valence-corrected chi connectivity index (χ2v) is 8.93. The summed E-state index contributed by atoms with van der Waals surface area (Å²) in [5.41, 5.74) is 4.94. The highest BCUT2D eigenvalue weighted by molar-refractivity contribution is 6.01. The van der Waals surface area contributed by atoms with Crippen molar-refractivity contribution in [1.82, 2.24) is 14.9 Å². The van der Waals surface area contributed by atoms with Crippen LogP contribution in [0.4, 0.5) is 14.5 Å². The van der Waals surface area contributed by atoms with Gasteiger partial charge in [-0.3, -0.25) is 9.78 Å². The fraction of sp³-hybridized carbons (Fsp3) is 0.346. The summed E-state index contributed by atoms with van der Waals surface area (Å²) >= 11 is 0. The Morgan fingerprint density at radius 3 is 2.65 bits per heavy atom. The number of fused-ring (bicyclic) bond motifs is 1. The Hall–Kier alpha value is -3.39. The van der Waals surface area contributed by atoms with Crippen molar-refractivity contribution in [2.45, 2.75) is 25.3 Å². The third-order valence-corrected chi connectivity index (χ3v) is 6.41. The molecule has 1 aromatic heterocycles. The first-order valence-corrected chi connectivity index (χ1v) is 11.4. The predicted molar refractivity (Wildman–Crippen MR) is 127 cm³/mol. The summed E-state index contributed by atoms with van der Waals surface area (Å²) in [4.78, 5) is 26.1. The van der Waals surface area contributed by atoms with Gasteiger partial charge in [0, 0.05) is 32.3 Å². The van der Waals surface area contributed by atoms with E-state index in [9.17, 15) is 13.6 Å². The molecule has 176 valence electrons. The van der Waals surface area contributed by atoms with Crippen LogP contribution in [0.25, 0.3) is 16.6 Å². The minimum absolute atomic E-state index is 0.145. The van der Waals surface area contributed by atoms with E-state index in [4.69, 9.17) is 9.72 Å². The van der Waals surface area contributed by atoms with Crippen molar-refractivity contribution in [3.8, 4) is 0 Å². The molecule has 0 spiro atoms. The lowest BCUT2D eigenvalue weighted by molar-refractivity contribution is 0.0827. The highest BCUT2D eigenvalue weighted by Crippen LogP contribution is 2.40. The number of anilines is 1. The van der Waals surface area contributed by atoms with Gasteiger partial charge in [-0.1, -0.05) is 6.08 Å². The van der Waals surface area contributed by atoms with E-state index in [1.54, 1.807) is 26.4 Å². The van der Waals surface area contributed by atoms with Gasteiger partial charge in [0.2, 0.25) is 0 Å². The topological polar surface area (TPSA) is 58.6 Å². The molecule has 0 radical (unpaired) electrons. The fourth-order valence-electron chi connectivity index (χ4n) is 4.78. The highest BCUT2D eigenvalue weighted by Gasteiger charge is 2.30. The number of nitrogens with zero attached hydrogens (tertiary/aromatic N) is 4. The van der Waals surface area contributed by atoms with Crippen molar-refractivity contribution < 1.29 is 18.3 Å². The second kappa shape index (κ2) is 9.10. The summed E-state index contributed by atoms with van der Waals surface area (Å²) in [6.45, 7) is 1.85. The molecule has 2 aromatic carbocycles. The summed E-state index contributed by atoms with van der Waals surface area (Å²) in [6, 6.07) is 7.00. The summed E-state index contributed by atoms with van der Waals surface area (Å²) < 4.78 is 33.5. The number of amides is 1. The van der Waals surface area contributed by atoms with Gasteiger partial charge >= 0.3 is 0 Å². The van der Waals surface area contributed by atoms with Crippen LogP contribution in [-0.4, -0.2) is 54.6 Å². The third-order valence-electron chi connectivity index (χ3n) is 6.41. The Morgan fingerprint density at radius 1 is 1.15 bits per heavy atom. The van der Waals surface area contributed by atoms with Crippen LogP contribution in [0.15, 0.2) is 42.6 Å². The number of hydrogen-bond donors (Lipinski definition) is 0. The van der Waals surface area contributed by atoms with E-state index in [1.165, 1.54) is 17.0 Å². The molecule has 3 heterocycles. The summed E-state index contributed by atoms with van der Waals surface area (Å²) in [6.07, 6.45) is 6.09. The SMILES string of the molecule is CN(C)C(=O)c1cc(N2CCCC2c2cc(F)cc(F)c2)c2nc(C3=CCOCC3)cnc2c1. The van der Waals surface area contributed by atoms with Crippen LogP contribution >= 0.6 is 0 Å². The lowest BCUT2D eigenvalue weighted by Gasteiger charge is -2.29. The zero-order chi connectivity index (χ0) is 23.8. The van der Waals surface area contributed by atoms with Crippen molar-refractivity contribution >= 4 is 28.2 Å². The smallest absolute Gasteiger partial charge is 0.253 e. The van der Waals surface area contributed by atoms with Gasteiger partial charge in [-0.2, -0.15) is 0 Å². The fourth-order valence-corrected chi connectivity index (χ4v) is 4.78. The zero-order valence-corrected chi connectivity index (χ0v) is 19.2. The molecule has 1 saturated heterocycles. The molecule has 0 N–H and O–H groups in total. The Kier molecular flexibility index (Phi) is 6.00. The molecular weight excluding hydrogens is 438 g/mol. The van der Waals surface area contributed by atoms with Crippen molar-refractivity contribution in [1.29, 1.82) is 0 Å². The Labute approximate surface area is 196 Å². The van der Waals surface area contributed by atoms with E-state index in [0.29, 0.717) is 41.9 Å². The first-order valence-electron chi connectivity index (χ1n) is 11.4. The number of benzene rings is 2. The summed E-state index contributed by atoms with van der Waals surface area (Å²) in [7, 11) is 3.40. The minimum atomic E-state index is -0.600. The first-order chi connectivity index (χ1) is 16.4. The monoisotopic (exact) mass is 464 g/mol. The van der Waals surface area contributed by atoms with E-state index >= 15 is 0 Å². The average molecular weight is 465 g/mol. The van der Waals surface area contributed by atoms with Crippen LogP contribution in [0, 0.1) is 11.6 Å². The molecule has 0 saturated carbocycles. The van der Waals surface area contributed by atoms with Crippen molar-refractivity contribution in [2.24, 2.45) is 0 Å². The molecule has 2 aliphatic heterocycles. The van der Waals surface area contributed by atoms with Crippen LogP contribution in [0.3, 0.4) is 0 Å².